The number of nitrogens with zero attached hydrogens (tertiary/aromatic N) is 2. The number of alkyl halides is 3. The van der Waals surface area contributed by atoms with Crippen molar-refractivity contribution in [1.29, 1.82) is 0 Å². The van der Waals surface area contributed by atoms with E-state index in [0.29, 0.717) is 0 Å². The van der Waals surface area contributed by atoms with Crippen LogP contribution in [0.3, 0.4) is 0 Å². The van der Waals surface area contributed by atoms with Crippen molar-refractivity contribution in [2.75, 3.05) is 19.5 Å². The second-order valence-electron chi connectivity index (χ2n) is 5.61. The van der Waals surface area contributed by atoms with Gasteiger partial charge in [0.05, 0.1) is 17.6 Å². The average Bonchev–Trinajstić information content (AvgIpc) is 2.65. The largest absolute Gasteiger partial charge is 0.499 e. The Hall–Kier alpha value is -3.83. The molecule has 2 aromatic rings. The van der Waals surface area contributed by atoms with Crippen molar-refractivity contribution >= 4 is 23.3 Å². The van der Waals surface area contributed by atoms with Gasteiger partial charge in [-0.1, -0.05) is 18.2 Å². The number of anilines is 1. The highest BCUT2D eigenvalue weighted by molar-refractivity contribution is 6.11. The van der Waals surface area contributed by atoms with Gasteiger partial charge in [-0.05, 0) is 18.2 Å². The highest BCUT2D eigenvalue weighted by Gasteiger charge is 2.44. The van der Waals surface area contributed by atoms with Gasteiger partial charge in [-0.2, -0.15) is 13.2 Å². The number of phenolic OH excluding ortho intramolecular Hbond substituents is 1. The van der Waals surface area contributed by atoms with E-state index < -0.39 is 51.4 Å². The minimum Gasteiger partial charge on any atom is -0.499 e. The number of ether oxygens (including phenoxy) is 1. The summed E-state index contributed by atoms with van der Waals surface area (Å²) >= 11 is 0. The average molecular weight is 413 g/mol. The van der Waals surface area contributed by atoms with Crippen molar-refractivity contribution in [3.05, 3.63) is 57.6 Å². The number of methoxy groups -OCH3 is 1. The third kappa shape index (κ3) is 4.36. The molecule has 0 saturated heterocycles. The van der Waals surface area contributed by atoms with Gasteiger partial charge in [0.25, 0.3) is 5.91 Å². The summed E-state index contributed by atoms with van der Waals surface area (Å²) in [4.78, 5) is 35.1. The monoisotopic (exact) mass is 413 g/mol. The van der Waals surface area contributed by atoms with E-state index in [4.69, 9.17) is 0 Å². The molecule has 12 heteroatoms. The van der Waals surface area contributed by atoms with Crippen LogP contribution in [0.1, 0.15) is 15.9 Å². The van der Waals surface area contributed by atoms with E-state index in [0.717, 1.165) is 14.2 Å². The van der Waals surface area contributed by atoms with Crippen LogP contribution in [0.5, 0.6) is 11.5 Å². The third-order valence-corrected chi connectivity index (χ3v) is 3.80. The second-order valence-corrected chi connectivity index (χ2v) is 5.61. The number of aromatic hydroxyl groups is 1. The van der Waals surface area contributed by atoms with E-state index in [-0.39, 0.29) is 16.7 Å². The Balaban J connectivity index is 2.59. The molecule has 0 aliphatic carbocycles. The third-order valence-electron chi connectivity index (χ3n) is 3.80. The molecule has 3 amide bonds. The summed E-state index contributed by atoms with van der Waals surface area (Å²) in [6, 6.07) is 6.79. The number of imide groups is 1. The number of amides is 3. The number of nitro benzene ring substituents is 1. The van der Waals surface area contributed by atoms with Crippen LogP contribution in [0, 0.1) is 10.1 Å². The highest BCUT2D eigenvalue weighted by Crippen LogP contribution is 2.46. The van der Waals surface area contributed by atoms with Crippen molar-refractivity contribution < 1.29 is 37.5 Å². The smallest absolute Gasteiger partial charge is 0.417 e. The number of nitrogens with one attached hydrogen (secondary N) is 1. The quantitative estimate of drug-likeness (QED) is 0.583. The van der Waals surface area contributed by atoms with Gasteiger partial charge in [-0.15, -0.1) is 0 Å². The van der Waals surface area contributed by atoms with Crippen LogP contribution >= 0.6 is 0 Å². The number of hydrogen-bond donors (Lipinski definition) is 2. The molecule has 2 N–H and O–H groups in total. The van der Waals surface area contributed by atoms with Gasteiger partial charge in [0.1, 0.15) is 5.56 Å². The summed E-state index contributed by atoms with van der Waals surface area (Å²) in [6.45, 7) is 0. The van der Waals surface area contributed by atoms with Gasteiger partial charge in [0.15, 0.2) is 5.75 Å². The molecule has 0 unspecified atom stereocenters. The fourth-order valence-electron chi connectivity index (χ4n) is 2.40. The van der Waals surface area contributed by atoms with Crippen LogP contribution in [-0.2, 0) is 6.18 Å². The van der Waals surface area contributed by atoms with Crippen LogP contribution < -0.4 is 10.1 Å². The lowest BCUT2D eigenvalue weighted by Crippen LogP contribution is -2.38. The summed E-state index contributed by atoms with van der Waals surface area (Å²) in [5.41, 5.74) is -4.52. The van der Waals surface area contributed by atoms with Gasteiger partial charge in [0, 0.05) is 12.7 Å². The zero-order valence-corrected chi connectivity index (χ0v) is 15.0. The maximum absolute atomic E-state index is 13.5. The minimum absolute atomic E-state index is 0.233. The van der Waals surface area contributed by atoms with Gasteiger partial charge in [0.2, 0.25) is 5.75 Å². The van der Waals surface area contributed by atoms with Gasteiger partial charge >= 0.3 is 17.9 Å². The van der Waals surface area contributed by atoms with E-state index in [1.165, 1.54) is 12.1 Å². The van der Waals surface area contributed by atoms with Crippen molar-refractivity contribution in [1.82, 2.24) is 4.90 Å². The molecular formula is C17H14F3N3O6. The van der Waals surface area contributed by atoms with Crippen LogP contribution in [0.4, 0.5) is 29.3 Å². The second kappa shape index (κ2) is 8.04. The van der Waals surface area contributed by atoms with Crippen molar-refractivity contribution in [3.8, 4) is 11.5 Å². The number of phenols is 1. The zero-order valence-electron chi connectivity index (χ0n) is 15.0. The molecule has 0 aliphatic heterocycles. The number of benzene rings is 2. The van der Waals surface area contributed by atoms with Crippen molar-refractivity contribution in [2.45, 2.75) is 6.18 Å². The number of hydrogen-bond acceptors (Lipinski definition) is 6. The topological polar surface area (TPSA) is 122 Å². The Morgan fingerprint density at radius 3 is 2.31 bits per heavy atom. The first-order valence-corrected chi connectivity index (χ1v) is 7.78. The van der Waals surface area contributed by atoms with E-state index in [9.17, 15) is 38.0 Å². The number of nitro groups is 1. The number of urea groups is 1. The summed E-state index contributed by atoms with van der Waals surface area (Å²) in [5, 5.41) is 23.5. The van der Waals surface area contributed by atoms with Gasteiger partial charge in [-0.25, -0.2) is 4.79 Å². The molecule has 0 spiro atoms. The predicted molar refractivity (Wildman–Crippen MR) is 93.9 cm³/mol. The first kappa shape index (κ1) is 21.5. The normalized spacial score (nSPS) is 10.9. The fourth-order valence-corrected chi connectivity index (χ4v) is 2.40. The molecule has 2 rings (SSSR count). The number of para-hydroxylation sites is 1. The van der Waals surface area contributed by atoms with Crippen LogP contribution in [0.15, 0.2) is 36.4 Å². The minimum atomic E-state index is -5.21. The molecule has 0 aromatic heterocycles. The lowest BCUT2D eigenvalue weighted by atomic mass is 10.0. The Labute approximate surface area is 161 Å². The first-order valence-electron chi connectivity index (χ1n) is 7.78. The highest BCUT2D eigenvalue weighted by atomic mass is 19.4. The zero-order chi connectivity index (χ0) is 21.9. The van der Waals surface area contributed by atoms with E-state index in [2.05, 4.69) is 10.1 Å². The van der Waals surface area contributed by atoms with Gasteiger partial charge < -0.3 is 15.2 Å². The summed E-state index contributed by atoms with van der Waals surface area (Å²) in [7, 11) is 1.73. The Morgan fingerprint density at radius 1 is 1.24 bits per heavy atom. The molecule has 2 aromatic carbocycles. The number of carbonyl (C=O) groups is 2. The van der Waals surface area contributed by atoms with Crippen LogP contribution in [-0.4, -0.2) is 41.0 Å². The van der Waals surface area contributed by atoms with E-state index in [1.807, 2.05) is 0 Å². The molecule has 0 saturated carbocycles. The van der Waals surface area contributed by atoms with Crippen molar-refractivity contribution in [2.24, 2.45) is 0 Å². The fraction of sp³-hybridized carbons (Fsp3) is 0.176. The summed E-state index contributed by atoms with van der Waals surface area (Å²) < 4.78 is 45.0. The maximum Gasteiger partial charge on any atom is 0.417 e. The summed E-state index contributed by atoms with van der Waals surface area (Å²) in [6.07, 6.45) is -5.21. The molecule has 154 valence electrons. The van der Waals surface area contributed by atoms with Crippen LogP contribution in [0.2, 0.25) is 0 Å². The molecule has 0 bridgehead atoms. The summed E-state index contributed by atoms with van der Waals surface area (Å²) in [5.74, 6) is -3.77. The number of halogens is 3. The van der Waals surface area contributed by atoms with E-state index >= 15 is 0 Å². The lowest BCUT2D eigenvalue weighted by Gasteiger charge is -2.20. The molecule has 0 heterocycles. The van der Waals surface area contributed by atoms with E-state index in [1.54, 1.807) is 18.2 Å². The first-order chi connectivity index (χ1) is 13.5. The molecule has 9 nitrogen and oxygen atoms in total. The molecule has 0 atom stereocenters. The Morgan fingerprint density at radius 2 is 1.83 bits per heavy atom. The maximum atomic E-state index is 13.5. The van der Waals surface area contributed by atoms with Gasteiger partial charge in [-0.3, -0.25) is 19.8 Å². The number of rotatable bonds is 4. The van der Waals surface area contributed by atoms with Crippen LogP contribution in [0.25, 0.3) is 0 Å². The Kier molecular flexibility index (Phi) is 5.95. The molecule has 0 fully saturated rings. The lowest BCUT2D eigenvalue weighted by molar-refractivity contribution is -0.386. The Bertz CT molecular complexity index is 963. The molecule has 0 aliphatic rings. The number of carbonyl (C=O) groups excluding carboxylic acids is 2. The SMILES string of the molecule is COc1cc(C(F)(F)F)c(C(=O)N(C)C(=O)Nc2ccccc2)c([N+](=O)[O-])c1O. The predicted octanol–water partition coefficient (Wildman–Crippen LogP) is 3.63. The standard InChI is InChI=1S/C17H14F3N3O6/c1-22(16(26)21-9-6-4-3-5-7-9)15(25)12-10(17(18,19)20)8-11(29-2)14(24)13(12)23(27)28/h3-8,24H,1-2H3,(H,21,26). The molecular weight excluding hydrogens is 399 g/mol. The molecule has 0 radical (unpaired) electrons. The molecule has 29 heavy (non-hydrogen) atoms. The van der Waals surface area contributed by atoms with Crippen molar-refractivity contribution in [3.63, 3.8) is 0 Å².